The van der Waals surface area contributed by atoms with Crippen LogP contribution in [0.2, 0.25) is 0 Å². The van der Waals surface area contributed by atoms with Gasteiger partial charge in [0.25, 0.3) is 11.6 Å². The van der Waals surface area contributed by atoms with Crippen molar-refractivity contribution in [1.82, 2.24) is 0 Å². The van der Waals surface area contributed by atoms with Gasteiger partial charge < -0.3 is 10.2 Å². The van der Waals surface area contributed by atoms with Gasteiger partial charge in [-0.05, 0) is 37.5 Å². The third-order valence-corrected chi connectivity index (χ3v) is 3.55. The van der Waals surface area contributed by atoms with Gasteiger partial charge in [0.15, 0.2) is 0 Å². The van der Waals surface area contributed by atoms with E-state index in [4.69, 9.17) is 10.2 Å². The number of hydrogen-bond acceptors (Lipinski definition) is 4. The molecule has 0 aliphatic carbocycles. The fraction of sp³-hybridized carbons (Fsp3) is 0.733. The summed E-state index contributed by atoms with van der Waals surface area (Å²) in [6.45, 7) is 7.46. The Morgan fingerprint density at radius 3 is 1.24 bits per heavy atom. The average Bonchev–Trinajstić information content (AvgIpc) is 2.37. The molecule has 6 nitrogen and oxygen atoms in total. The highest BCUT2D eigenvalue weighted by Gasteiger charge is 2.50. The maximum Gasteiger partial charge on any atom is 0.373 e. The first-order chi connectivity index (χ1) is 9.54. The van der Waals surface area contributed by atoms with Crippen molar-refractivity contribution in [3.8, 4) is 0 Å². The fourth-order valence-corrected chi connectivity index (χ4v) is 2.16. The van der Waals surface area contributed by atoms with E-state index in [0.717, 1.165) is 0 Å². The molecule has 0 fully saturated rings. The Balaban J connectivity index is 5.68. The van der Waals surface area contributed by atoms with Crippen LogP contribution in [0, 0.1) is 17.3 Å². The molecule has 0 aromatic carbocycles. The van der Waals surface area contributed by atoms with Gasteiger partial charge in [-0.2, -0.15) is 0 Å². The van der Waals surface area contributed by atoms with Crippen LogP contribution in [-0.4, -0.2) is 33.7 Å². The molecular weight excluding hydrogens is 276 g/mol. The van der Waals surface area contributed by atoms with E-state index in [1.54, 1.807) is 0 Å². The zero-order valence-electron chi connectivity index (χ0n) is 13.0. The smallest absolute Gasteiger partial charge is 0.373 e. The molecule has 0 saturated heterocycles. The molecule has 0 rings (SSSR count). The Labute approximate surface area is 124 Å². The first-order valence-electron chi connectivity index (χ1n) is 7.10. The topological polar surface area (TPSA) is 109 Å². The van der Waals surface area contributed by atoms with Crippen molar-refractivity contribution in [2.45, 2.75) is 53.4 Å². The number of carbonyl (C=O) groups excluding carboxylic acids is 2. The Bertz CT molecular complexity index is 382. The zero-order chi connectivity index (χ0) is 16.8. The SMILES string of the molecule is CC(C)CCC(CCC(C)C)(C(=O)C(=O)O)C(=O)C(=O)O. The van der Waals surface area contributed by atoms with Crippen LogP contribution < -0.4 is 0 Å². The number of rotatable bonds is 10. The second kappa shape index (κ2) is 7.90. The standard InChI is InChI=1S/C15H24O6/c1-9(2)5-7-15(8-6-10(3)4,11(16)13(18)19)12(17)14(20)21/h9-10H,5-8H2,1-4H3,(H,18,19)(H,20,21). The molecule has 21 heavy (non-hydrogen) atoms. The summed E-state index contributed by atoms with van der Waals surface area (Å²) in [5.41, 5.74) is -1.95. The minimum atomic E-state index is -1.95. The molecule has 0 unspecified atom stereocenters. The van der Waals surface area contributed by atoms with Gasteiger partial charge in [0.2, 0.25) is 0 Å². The van der Waals surface area contributed by atoms with Gasteiger partial charge in [-0.25, -0.2) is 9.59 Å². The first kappa shape index (κ1) is 19.3. The number of carboxylic acid groups (broad SMARTS) is 2. The highest BCUT2D eigenvalue weighted by atomic mass is 16.4. The highest BCUT2D eigenvalue weighted by Crippen LogP contribution is 2.35. The number of carbonyl (C=O) groups is 4. The fourth-order valence-electron chi connectivity index (χ4n) is 2.16. The molecule has 120 valence electrons. The normalized spacial score (nSPS) is 11.7. The zero-order valence-corrected chi connectivity index (χ0v) is 13.0. The van der Waals surface area contributed by atoms with E-state index in [0.29, 0.717) is 12.8 Å². The van der Waals surface area contributed by atoms with Gasteiger partial charge in [-0.1, -0.05) is 27.7 Å². The Hall–Kier alpha value is -1.72. The summed E-state index contributed by atoms with van der Waals surface area (Å²) in [4.78, 5) is 46.2. The van der Waals surface area contributed by atoms with Crippen molar-refractivity contribution in [2.24, 2.45) is 17.3 Å². The van der Waals surface area contributed by atoms with E-state index in [1.807, 2.05) is 27.7 Å². The van der Waals surface area contributed by atoms with Crippen molar-refractivity contribution in [3.05, 3.63) is 0 Å². The monoisotopic (exact) mass is 300 g/mol. The first-order valence-corrected chi connectivity index (χ1v) is 7.10. The van der Waals surface area contributed by atoms with Gasteiger partial charge in [0.05, 0.1) is 0 Å². The number of carboxylic acids is 2. The molecule has 0 radical (unpaired) electrons. The third-order valence-electron chi connectivity index (χ3n) is 3.55. The summed E-state index contributed by atoms with van der Waals surface area (Å²) < 4.78 is 0. The van der Waals surface area contributed by atoms with Crippen molar-refractivity contribution in [2.75, 3.05) is 0 Å². The number of ketones is 2. The second-order valence-corrected chi connectivity index (χ2v) is 6.22. The van der Waals surface area contributed by atoms with Gasteiger partial charge >= 0.3 is 11.9 Å². The lowest BCUT2D eigenvalue weighted by Crippen LogP contribution is -2.47. The summed E-state index contributed by atoms with van der Waals surface area (Å²) in [5.74, 6) is -5.86. The van der Waals surface area contributed by atoms with Crippen LogP contribution in [0.5, 0.6) is 0 Å². The molecule has 0 aromatic rings. The summed E-state index contributed by atoms with van der Waals surface area (Å²) >= 11 is 0. The van der Waals surface area contributed by atoms with Crippen LogP contribution in [0.4, 0.5) is 0 Å². The van der Waals surface area contributed by atoms with Gasteiger partial charge in [-0.3, -0.25) is 9.59 Å². The van der Waals surface area contributed by atoms with E-state index in [9.17, 15) is 19.2 Å². The van der Waals surface area contributed by atoms with E-state index in [1.165, 1.54) is 0 Å². The second-order valence-electron chi connectivity index (χ2n) is 6.22. The number of Topliss-reactive ketones (excluding diaryl/α,β-unsaturated/α-hetero) is 2. The average molecular weight is 300 g/mol. The van der Waals surface area contributed by atoms with E-state index in [-0.39, 0.29) is 24.7 Å². The lowest BCUT2D eigenvalue weighted by Gasteiger charge is -2.29. The van der Waals surface area contributed by atoms with Crippen LogP contribution >= 0.6 is 0 Å². The minimum Gasteiger partial charge on any atom is -0.475 e. The molecule has 0 amide bonds. The third kappa shape index (κ3) is 5.28. The molecule has 0 spiro atoms. The molecular formula is C15H24O6. The van der Waals surface area contributed by atoms with Gasteiger partial charge in [-0.15, -0.1) is 0 Å². The Kier molecular flexibility index (Phi) is 7.26. The van der Waals surface area contributed by atoms with E-state index >= 15 is 0 Å². The molecule has 0 aromatic heterocycles. The lowest BCUT2D eigenvalue weighted by molar-refractivity contribution is -0.163. The van der Waals surface area contributed by atoms with Crippen LogP contribution in [-0.2, 0) is 19.2 Å². The van der Waals surface area contributed by atoms with Gasteiger partial charge in [0.1, 0.15) is 5.41 Å². The molecule has 0 atom stereocenters. The summed E-state index contributed by atoms with van der Waals surface area (Å²) in [5, 5.41) is 18.0. The molecule has 0 aliphatic rings. The van der Waals surface area contributed by atoms with Crippen LogP contribution in [0.25, 0.3) is 0 Å². The highest BCUT2D eigenvalue weighted by molar-refractivity contribution is 6.48. The predicted molar refractivity (Wildman–Crippen MR) is 75.9 cm³/mol. The molecule has 0 aliphatic heterocycles. The largest absolute Gasteiger partial charge is 0.475 e. The minimum absolute atomic E-state index is 0.0480. The maximum absolute atomic E-state index is 12.1. The van der Waals surface area contributed by atoms with Crippen LogP contribution in [0.3, 0.4) is 0 Å². The summed E-state index contributed by atoms with van der Waals surface area (Å²) in [7, 11) is 0. The van der Waals surface area contributed by atoms with E-state index in [2.05, 4.69) is 0 Å². The number of aliphatic carboxylic acids is 2. The van der Waals surface area contributed by atoms with Crippen molar-refractivity contribution < 1.29 is 29.4 Å². The Morgan fingerprint density at radius 1 is 0.762 bits per heavy atom. The van der Waals surface area contributed by atoms with Crippen LogP contribution in [0.15, 0.2) is 0 Å². The molecule has 0 bridgehead atoms. The maximum atomic E-state index is 12.1. The van der Waals surface area contributed by atoms with Crippen molar-refractivity contribution in [1.29, 1.82) is 0 Å². The molecule has 0 heterocycles. The molecule has 6 heteroatoms. The summed E-state index contributed by atoms with van der Waals surface area (Å²) in [6.07, 6.45) is 0.730. The lowest BCUT2D eigenvalue weighted by atomic mass is 9.70. The molecule has 2 N–H and O–H groups in total. The Morgan fingerprint density at radius 2 is 1.05 bits per heavy atom. The quantitative estimate of drug-likeness (QED) is 0.472. The number of hydrogen-bond donors (Lipinski definition) is 2. The van der Waals surface area contributed by atoms with Crippen molar-refractivity contribution >= 4 is 23.5 Å². The molecule has 0 saturated carbocycles. The van der Waals surface area contributed by atoms with Crippen molar-refractivity contribution in [3.63, 3.8) is 0 Å². The van der Waals surface area contributed by atoms with Crippen LogP contribution in [0.1, 0.15) is 53.4 Å². The predicted octanol–water partition coefficient (Wildman–Crippen LogP) is 2.15. The van der Waals surface area contributed by atoms with Gasteiger partial charge in [0, 0.05) is 0 Å². The summed E-state index contributed by atoms with van der Waals surface area (Å²) in [6, 6.07) is 0. The van der Waals surface area contributed by atoms with E-state index < -0.39 is 28.9 Å².